The summed E-state index contributed by atoms with van der Waals surface area (Å²) in [6.45, 7) is 4.70. The summed E-state index contributed by atoms with van der Waals surface area (Å²) in [4.78, 5) is 0. The highest BCUT2D eigenvalue weighted by Crippen LogP contribution is 2.49. The van der Waals surface area contributed by atoms with E-state index in [2.05, 4.69) is 133 Å². The van der Waals surface area contributed by atoms with Gasteiger partial charge in [-0.05, 0) is 73.5 Å². The largest absolute Gasteiger partial charge is 0.0613 e. The number of benzene rings is 5. The molecule has 0 aromatic heterocycles. The van der Waals surface area contributed by atoms with Crippen LogP contribution in [0.4, 0.5) is 0 Å². The summed E-state index contributed by atoms with van der Waals surface area (Å²) in [6, 6.07) is 37.8. The lowest BCUT2D eigenvalue weighted by molar-refractivity contribution is 0.645. The molecule has 0 unspecified atom stereocenters. The Morgan fingerprint density at radius 2 is 1.09 bits per heavy atom. The molecule has 0 aliphatic heterocycles. The fraction of sp³-hybridized carbons (Fsp3) is 0.0968. The molecule has 0 nitrogen and oxygen atoms in total. The molecule has 0 bridgehead atoms. The monoisotopic (exact) mass is 474 g/mol. The highest BCUT2D eigenvalue weighted by Gasteiger charge is 2.33. The molecular weight excluding hydrogens is 452 g/mol. The second-order valence-electron chi connectivity index (χ2n) is 9.18. The Balaban J connectivity index is 1.48. The molecule has 0 saturated heterocycles. The number of halogens is 1. The van der Waals surface area contributed by atoms with Crippen molar-refractivity contribution in [3.63, 3.8) is 0 Å². The van der Waals surface area contributed by atoms with Crippen LogP contribution in [0.3, 0.4) is 0 Å². The van der Waals surface area contributed by atoms with Crippen LogP contribution in [-0.4, -0.2) is 0 Å². The van der Waals surface area contributed by atoms with E-state index in [1.165, 1.54) is 55.3 Å². The first-order valence-corrected chi connectivity index (χ1v) is 11.9. The van der Waals surface area contributed by atoms with Gasteiger partial charge < -0.3 is 0 Å². The molecule has 0 atom stereocenters. The fourth-order valence-electron chi connectivity index (χ4n) is 5.22. The smallest absolute Gasteiger partial charge is 0.0175 e. The molecule has 0 heterocycles. The van der Waals surface area contributed by atoms with Crippen molar-refractivity contribution in [1.29, 1.82) is 0 Å². The second kappa shape index (κ2) is 7.18. The van der Waals surface area contributed by atoms with Crippen LogP contribution in [0.15, 0.2) is 108 Å². The van der Waals surface area contributed by atoms with Crippen LogP contribution in [0.1, 0.15) is 25.0 Å². The average molecular weight is 475 g/mol. The number of rotatable bonds is 2. The van der Waals surface area contributed by atoms with Crippen LogP contribution in [0.5, 0.6) is 0 Å². The minimum atomic E-state index is -0.0207. The summed E-state index contributed by atoms with van der Waals surface area (Å²) in [5, 5.41) is 2.72. The maximum absolute atomic E-state index is 3.52. The van der Waals surface area contributed by atoms with E-state index in [-0.39, 0.29) is 5.41 Å². The third-order valence-corrected chi connectivity index (χ3v) is 7.49. The van der Waals surface area contributed by atoms with E-state index in [9.17, 15) is 0 Å². The Labute approximate surface area is 197 Å². The highest BCUT2D eigenvalue weighted by atomic mass is 79.9. The zero-order chi connectivity index (χ0) is 21.9. The van der Waals surface area contributed by atoms with Gasteiger partial charge in [-0.15, -0.1) is 0 Å². The summed E-state index contributed by atoms with van der Waals surface area (Å²) in [6.07, 6.45) is 0. The normalized spacial score (nSPS) is 13.7. The van der Waals surface area contributed by atoms with Crippen LogP contribution in [0.25, 0.3) is 44.2 Å². The molecule has 1 aliphatic rings. The summed E-state index contributed by atoms with van der Waals surface area (Å²) >= 11 is 3.52. The topological polar surface area (TPSA) is 0 Å². The zero-order valence-corrected chi connectivity index (χ0v) is 19.8. The lowest BCUT2D eigenvalue weighted by Gasteiger charge is -2.35. The molecule has 1 heteroatoms. The molecule has 1 aliphatic carbocycles. The van der Waals surface area contributed by atoms with Gasteiger partial charge in [-0.3, -0.25) is 0 Å². The second-order valence-corrected chi connectivity index (χ2v) is 10.1. The van der Waals surface area contributed by atoms with Crippen LogP contribution < -0.4 is 0 Å². The van der Waals surface area contributed by atoms with E-state index < -0.39 is 0 Å². The number of hydrogen-bond acceptors (Lipinski definition) is 0. The van der Waals surface area contributed by atoms with Gasteiger partial charge in [0.25, 0.3) is 0 Å². The van der Waals surface area contributed by atoms with Crippen molar-refractivity contribution < 1.29 is 0 Å². The molecule has 5 aromatic rings. The van der Waals surface area contributed by atoms with Gasteiger partial charge in [-0.25, -0.2) is 0 Å². The standard InChI is InChI=1S/C31H23Br/c1-31(2)28-18-15-24(22-11-9-20(10-12-22)21-13-16-25(32)17-14-21)19-27(28)26-7-3-5-23-6-4-8-29(31)30(23)26/h3-19H,1-2H3. The van der Waals surface area contributed by atoms with Crippen molar-refractivity contribution >= 4 is 26.7 Å². The van der Waals surface area contributed by atoms with Crippen molar-refractivity contribution in [3.8, 4) is 33.4 Å². The van der Waals surface area contributed by atoms with Crippen molar-refractivity contribution in [2.75, 3.05) is 0 Å². The van der Waals surface area contributed by atoms with Crippen molar-refractivity contribution in [3.05, 3.63) is 119 Å². The summed E-state index contributed by atoms with van der Waals surface area (Å²) < 4.78 is 1.10. The summed E-state index contributed by atoms with van der Waals surface area (Å²) in [7, 11) is 0. The quantitative estimate of drug-likeness (QED) is 0.239. The molecule has 0 amide bonds. The summed E-state index contributed by atoms with van der Waals surface area (Å²) in [5.41, 5.74) is 10.5. The Bertz CT molecular complexity index is 1470. The number of hydrogen-bond donors (Lipinski definition) is 0. The molecule has 6 rings (SSSR count). The Kier molecular flexibility index (Phi) is 4.38. The fourth-order valence-corrected chi connectivity index (χ4v) is 5.48. The SMILES string of the molecule is CC1(C)c2ccc(-c3ccc(-c4ccc(Br)cc4)cc3)cc2-c2cccc3cccc1c23. The predicted molar refractivity (Wildman–Crippen MR) is 140 cm³/mol. The molecule has 0 saturated carbocycles. The van der Waals surface area contributed by atoms with E-state index in [0.717, 1.165) is 4.47 Å². The van der Waals surface area contributed by atoms with E-state index in [1.807, 2.05) is 0 Å². The third-order valence-electron chi connectivity index (χ3n) is 6.96. The summed E-state index contributed by atoms with van der Waals surface area (Å²) in [5.74, 6) is 0. The molecule has 32 heavy (non-hydrogen) atoms. The van der Waals surface area contributed by atoms with E-state index >= 15 is 0 Å². The van der Waals surface area contributed by atoms with Gasteiger partial charge in [0.15, 0.2) is 0 Å². The Morgan fingerprint density at radius 3 is 1.78 bits per heavy atom. The zero-order valence-electron chi connectivity index (χ0n) is 18.2. The van der Waals surface area contributed by atoms with Gasteiger partial charge in [0, 0.05) is 9.89 Å². The van der Waals surface area contributed by atoms with Gasteiger partial charge in [0.1, 0.15) is 0 Å². The van der Waals surface area contributed by atoms with Crippen molar-refractivity contribution in [2.45, 2.75) is 19.3 Å². The van der Waals surface area contributed by atoms with Gasteiger partial charge >= 0.3 is 0 Å². The first-order chi connectivity index (χ1) is 15.5. The first kappa shape index (κ1) is 19.5. The first-order valence-electron chi connectivity index (χ1n) is 11.1. The molecular formula is C31H23Br. The molecule has 0 fully saturated rings. The average Bonchev–Trinajstić information content (AvgIpc) is 2.83. The molecule has 0 N–H and O–H groups in total. The van der Waals surface area contributed by atoms with Gasteiger partial charge in [0.05, 0.1) is 0 Å². The Morgan fingerprint density at radius 1 is 0.531 bits per heavy atom. The van der Waals surface area contributed by atoms with Crippen LogP contribution in [0, 0.1) is 0 Å². The lowest BCUT2D eigenvalue weighted by Crippen LogP contribution is -2.23. The van der Waals surface area contributed by atoms with Gasteiger partial charge in [-0.2, -0.15) is 0 Å². The number of fused-ring (bicyclic) bond motifs is 2. The minimum Gasteiger partial charge on any atom is -0.0613 e. The van der Waals surface area contributed by atoms with Crippen LogP contribution >= 0.6 is 15.9 Å². The minimum absolute atomic E-state index is 0.0207. The maximum Gasteiger partial charge on any atom is 0.0175 e. The van der Waals surface area contributed by atoms with E-state index in [1.54, 1.807) is 0 Å². The van der Waals surface area contributed by atoms with Crippen molar-refractivity contribution in [1.82, 2.24) is 0 Å². The maximum atomic E-state index is 3.52. The highest BCUT2D eigenvalue weighted by molar-refractivity contribution is 9.10. The van der Waals surface area contributed by atoms with Crippen LogP contribution in [-0.2, 0) is 5.41 Å². The van der Waals surface area contributed by atoms with Gasteiger partial charge in [-0.1, -0.05) is 115 Å². The van der Waals surface area contributed by atoms with E-state index in [4.69, 9.17) is 0 Å². The van der Waals surface area contributed by atoms with Gasteiger partial charge in [0.2, 0.25) is 0 Å². The predicted octanol–water partition coefficient (Wildman–Crippen LogP) is 9.24. The molecule has 0 spiro atoms. The van der Waals surface area contributed by atoms with E-state index in [0.29, 0.717) is 0 Å². The molecule has 5 aromatic carbocycles. The Hall–Kier alpha value is -3.16. The lowest BCUT2D eigenvalue weighted by atomic mass is 9.68. The third kappa shape index (κ3) is 2.96. The van der Waals surface area contributed by atoms with Crippen LogP contribution in [0.2, 0.25) is 0 Å². The molecule has 154 valence electrons. The molecule has 0 radical (unpaired) electrons. The van der Waals surface area contributed by atoms with Crippen molar-refractivity contribution in [2.24, 2.45) is 0 Å².